The average molecular weight is 457 g/mol. The van der Waals surface area contributed by atoms with Gasteiger partial charge >= 0.3 is 6.03 Å². The number of barbiturate groups is 1. The summed E-state index contributed by atoms with van der Waals surface area (Å²) >= 11 is 3.44. The van der Waals surface area contributed by atoms with Crippen LogP contribution in [0, 0.1) is 13.8 Å². The number of hydrogen-bond acceptors (Lipinski definition) is 4. The van der Waals surface area contributed by atoms with E-state index in [1.807, 2.05) is 32.9 Å². The number of anilines is 1. The molecule has 0 aromatic heterocycles. The van der Waals surface area contributed by atoms with E-state index >= 15 is 0 Å². The van der Waals surface area contributed by atoms with Gasteiger partial charge in [-0.25, -0.2) is 9.69 Å². The molecule has 0 spiro atoms. The van der Waals surface area contributed by atoms with Gasteiger partial charge < -0.3 is 4.74 Å². The standard InChI is InChI=1S/C22H21BrN2O4/c1-4-9-29-19-8-6-15(12-17(19)23)11-16-20(26)24-22(28)25(21(16)27)18-7-5-13(2)10-14(18)3/h5-8,10-12H,4,9H2,1-3H3,(H,24,26,28)/b16-11+. The van der Waals surface area contributed by atoms with Crippen LogP contribution in [0.25, 0.3) is 6.08 Å². The number of aryl methyl sites for hydroxylation is 2. The summed E-state index contributed by atoms with van der Waals surface area (Å²) in [5.41, 5.74) is 2.74. The zero-order valence-corrected chi connectivity index (χ0v) is 18.0. The Labute approximate surface area is 177 Å². The number of hydrogen-bond donors (Lipinski definition) is 1. The smallest absolute Gasteiger partial charge is 0.335 e. The quantitative estimate of drug-likeness (QED) is 0.529. The average Bonchev–Trinajstić information content (AvgIpc) is 2.66. The number of carbonyl (C=O) groups excluding carboxylic acids is 3. The predicted molar refractivity (Wildman–Crippen MR) is 115 cm³/mol. The van der Waals surface area contributed by atoms with Gasteiger partial charge in [-0.3, -0.25) is 14.9 Å². The molecular weight excluding hydrogens is 436 g/mol. The Morgan fingerprint density at radius 2 is 1.86 bits per heavy atom. The van der Waals surface area contributed by atoms with Gasteiger partial charge in [-0.2, -0.15) is 0 Å². The molecule has 0 radical (unpaired) electrons. The van der Waals surface area contributed by atoms with Crippen LogP contribution in [0.4, 0.5) is 10.5 Å². The topological polar surface area (TPSA) is 75.7 Å². The van der Waals surface area contributed by atoms with E-state index in [0.29, 0.717) is 28.1 Å². The number of ether oxygens (including phenoxy) is 1. The fourth-order valence-electron chi connectivity index (χ4n) is 3.04. The van der Waals surface area contributed by atoms with Crippen molar-refractivity contribution >= 4 is 45.5 Å². The van der Waals surface area contributed by atoms with Crippen molar-refractivity contribution in [2.24, 2.45) is 0 Å². The molecular formula is C22H21BrN2O4. The SMILES string of the molecule is CCCOc1ccc(/C=C2\C(=O)NC(=O)N(c3ccc(C)cc3C)C2=O)cc1Br. The molecule has 1 N–H and O–H groups in total. The van der Waals surface area contributed by atoms with Gasteiger partial charge in [-0.1, -0.05) is 30.7 Å². The monoisotopic (exact) mass is 456 g/mol. The zero-order chi connectivity index (χ0) is 21.1. The highest BCUT2D eigenvalue weighted by Gasteiger charge is 2.37. The lowest BCUT2D eigenvalue weighted by Crippen LogP contribution is -2.54. The summed E-state index contributed by atoms with van der Waals surface area (Å²) in [4.78, 5) is 38.7. The summed E-state index contributed by atoms with van der Waals surface area (Å²) in [6.45, 7) is 6.35. The number of amides is 4. The Morgan fingerprint density at radius 3 is 2.52 bits per heavy atom. The maximum absolute atomic E-state index is 13.0. The first-order valence-electron chi connectivity index (χ1n) is 9.23. The molecule has 0 aliphatic carbocycles. The molecule has 3 rings (SSSR count). The Balaban J connectivity index is 1.96. The number of carbonyl (C=O) groups is 3. The molecule has 4 amide bonds. The second kappa shape index (κ2) is 8.61. The summed E-state index contributed by atoms with van der Waals surface area (Å²) in [7, 11) is 0. The first-order chi connectivity index (χ1) is 13.8. The third-order valence-electron chi connectivity index (χ3n) is 4.42. The number of imide groups is 2. The van der Waals surface area contributed by atoms with Crippen LogP contribution in [0.3, 0.4) is 0 Å². The molecule has 0 saturated carbocycles. The Bertz CT molecular complexity index is 1030. The number of nitrogens with zero attached hydrogens (tertiary/aromatic N) is 1. The minimum absolute atomic E-state index is 0.112. The molecule has 1 heterocycles. The second-order valence-corrected chi connectivity index (χ2v) is 7.64. The molecule has 1 aliphatic rings. The van der Waals surface area contributed by atoms with Crippen LogP contribution in [0.5, 0.6) is 5.75 Å². The molecule has 2 aromatic carbocycles. The predicted octanol–water partition coefficient (Wildman–Crippen LogP) is 4.52. The summed E-state index contributed by atoms with van der Waals surface area (Å²) in [6, 6.07) is 9.92. The van der Waals surface area contributed by atoms with Crippen LogP contribution in [0.2, 0.25) is 0 Å². The molecule has 29 heavy (non-hydrogen) atoms. The van der Waals surface area contributed by atoms with Crippen LogP contribution >= 0.6 is 15.9 Å². The van der Waals surface area contributed by atoms with Crippen LogP contribution < -0.4 is 15.0 Å². The second-order valence-electron chi connectivity index (χ2n) is 6.79. The van der Waals surface area contributed by atoms with Gasteiger partial charge in [-0.05, 0) is 71.6 Å². The fourth-order valence-corrected chi connectivity index (χ4v) is 3.55. The maximum atomic E-state index is 13.0. The summed E-state index contributed by atoms with van der Waals surface area (Å²) in [5, 5.41) is 2.25. The fraction of sp³-hybridized carbons (Fsp3) is 0.227. The van der Waals surface area contributed by atoms with E-state index < -0.39 is 17.8 Å². The van der Waals surface area contributed by atoms with Crippen LogP contribution in [0.1, 0.15) is 30.0 Å². The third-order valence-corrected chi connectivity index (χ3v) is 5.04. The first-order valence-corrected chi connectivity index (χ1v) is 10.0. The van der Waals surface area contributed by atoms with E-state index in [0.717, 1.165) is 22.4 Å². The van der Waals surface area contributed by atoms with Crippen molar-refractivity contribution in [3.8, 4) is 5.75 Å². The van der Waals surface area contributed by atoms with E-state index in [1.165, 1.54) is 6.08 Å². The number of halogens is 1. The van der Waals surface area contributed by atoms with E-state index in [4.69, 9.17) is 4.74 Å². The first kappa shape index (κ1) is 20.8. The Hall–Kier alpha value is -2.93. The van der Waals surface area contributed by atoms with Crippen LogP contribution in [-0.2, 0) is 9.59 Å². The van der Waals surface area contributed by atoms with Crippen LogP contribution in [-0.4, -0.2) is 24.5 Å². The van der Waals surface area contributed by atoms with Crippen molar-refractivity contribution in [1.82, 2.24) is 5.32 Å². The zero-order valence-electron chi connectivity index (χ0n) is 16.4. The van der Waals surface area contributed by atoms with Gasteiger partial charge in [0.15, 0.2) is 0 Å². The number of rotatable bonds is 5. The third kappa shape index (κ3) is 4.40. The van der Waals surface area contributed by atoms with Gasteiger partial charge in [-0.15, -0.1) is 0 Å². The molecule has 150 valence electrons. The van der Waals surface area contributed by atoms with Crippen molar-refractivity contribution in [2.75, 3.05) is 11.5 Å². The minimum Gasteiger partial charge on any atom is -0.492 e. The Morgan fingerprint density at radius 1 is 1.10 bits per heavy atom. The summed E-state index contributed by atoms with van der Waals surface area (Å²) in [5.74, 6) is -0.697. The van der Waals surface area contributed by atoms with Crippen molar-refractivity contribution in [3.63, 3.8) is 0 Å². The highest BCUT2D eigenvalue weighted by molar-refractivity contribution is 9.10. The number of benzene rings is 2. The van der Waals surface area contributed by atoms with Gasteiger partial charge in [0.1, 0.15) is 11.3 Å². The highest BCUT2D eigenvalue weighted by Crippen LogP contribution is 2.29. The number of nitrogens with one attached hydrogen (secondary N) is 1. The summed E-state index contributed by atoms with van der Waals surface area (Å²) in [6.07, 6.45) is 2.35. The van der Waals surface area contributed by atoms with E-state index in [2.05, 4.69) is 21.2 Å². The van der Waals surface area contributed by atoms with E-state index in [1.54, 1.807) is 24.3 Å². The normalized spacial score (nSPS) is 15.7. The molecule has 6 nitrogen and oxygen atoms in total. The molecule has 0 bridgehead atoms. The molecule has 0 unspecified atom stereocenters. The molecule has 0 atom stereocenters. The van der Waals surface area contributed by atoms with Gasteiger partial charge in [0.25, 0.3) is 11.8 Å². The lowest BCUT2D eigenvalue weighted by atomic mass is 10.0. The largest absolute Gasteiger partial charge is 0.492 e. The summed E-state index contributed by atoms with van der Waals surface area (Å²) < 4.78 is 6.33. The molecule has 1 saturated heterocycles. The highest BCUT2D eigenvalue weighted by atomic mass is 79.9. The van der Waals surface area contributed by atoms with Gasteiger partial charge in [0, 0.05) is 0 Å². The molecule has 7 heteroatoms. The molecule has 1 fully saturated rings. The van der Waals surface area contributed by atoms with E-state index in [-0.39, 0.29) is 5.57 Å². The van der Waals surface area contributed by atoms with Crippen LogP contribution in [0.15, 0.2) is 46.4 Å². The molecule has 2 aromatic rings. The lowest BCUT2D eigenvalue weighted by molar-refractivity contribution is -0.122. The van der Waals surface area contributed by atoms with Crippen molar-refractivity contribution in [3.05, 3.63) is 63.1 Å². The maximum Gasteiger partial charge on any atom is 0.335 e. The number of urea groups is 1. The van der Waals surface area contributed by atoms with Crippen molar-refractivity contribution in [2.45, 2.75) is 27.2 Å². The van der Waals surface area contributed by atoms with E-state index in [9.17, 15) is 14.4 Å². The van der Waals surface area contributed by atoms with Crippen molar-refractivity contribution < 1.29 is 19.1 Å². The lowest BCUT2D eigenvalue weighted by Gasteiger charge is -2.27. The Kier molecular flexibility index (Phi) is 6.17. The minimum atomic E-state index is -0.756. The van der Waals surface area contributed by atoms with Gasteiger partial charge in [0.05, 0.1) is 16.8 Å². The molecule has 1 aliphatic heterocycles. The van der Waals surface area contributed by atoms with Gasteiger partial charge in [0.2, 0.25) is 0 Å². The van der Waals surface area contributed by atoms with Crippen molar-refractivity contribution in [1.29, 1.82) is 0 Å².